The van der Waals surface area contributed by atoms with Gasteiger partial charge in [0.05, 0.1) is 7.11 Å². The SMILES string of the molecule is C=C[C@]1(O)[C@H]2CC34CCNC(Cc5ccc(OC)c(c53)O2)C4CC1(N)C=O. The first-order valence-electron chi connectivity index (χ1n) is 9.64. The molecule has 144 valence electrons. The Bertz CT molecular complexity index is 842. The molecule has 1 aromatic rings. The number of nitrogens with two attached hydrogens (primary N) is 1. The van der Waals surface area contributed by atoms with Crippen LogP contribution in [-0.2, 0) is 16.6 Å². The minimum absolute atomic E-state index is 0.139. The predicted octanol–water partition coefficient (Wildman–Crippen LogP) is 0.835. The highest BCUT2D eigenvalue weighted by Gasteiger charge is 2.66. The molecule has 4 unspecified atom stereocenters. The summed E-state index contributed by atoms with van der Waals surface area (Å²) in [6, 6.07) is 4.28. The second-order valence-electron chi connectivity index (χ2n) is 8.61. The summed E-state index contributed by atoms with van der Waals surface area (Å²) in [5.41, 5.74) is 5.75. The average Bonchev–Trinajstić information content (AvgIpc) is 2.74. The molecule has 1 spiro atoms. The number of nitrogens with one attached hydrogen (secondary N) is 1. The van der Waals surface area contributed by atoms with Gasteiger partial charge in [0.2, 0.25) is 0 Å². The van der Waals surface area contributed by atoms with Crippen molar-refractivity contribution in [3.63, 3.8) is 0 Å². The largest absolute Gasteiger partial charge is 0.493 e. The highest BCUT2D eigenvalue weighted by molar-refractivity contribution is 5.70. The van der Waals surface area contributed by atoms with Gasteiger partial charge in [0, 0.05) is 17.0 Å². The van der Waals surface area contributed by atoms with Gasteiger partial charge in [0.1, 0.15) is 23.5 Å². The number of hydrogen-bond donors (Lipinski definition) is 3. The van der Waals surface area contributed by atoms with Crippen LogP contribution in [0.15, 0.2) is 24.8 Å². The zero-order valence-corrected chi connectivity index (χ0v) is 15.5. The van der Waals surface area contributed by atoms with Crippen LogP contribution in [0.4, 0.5) is 0 Å². The first-order chi connectivity index (χ1) is 12.9. The van der Waals surface area contributed by atoms with E-state index in [0.717, 1.165) is 19.4 Å². The van der Waals surface area contributed by atoms with E-state index in [0.29, 0.717) is 30.6 Å². The van der Waals surface area contributed by atoms with E-state index in [1.165, 1.54) is 17.2 Å². The molecular formula is C21H26N2O4. The molecule has 4 N–H and O–H groups in total. The summed E-state index contributed by atoms with van der Waals surface area (Å²) in [7, 11) is 1.63. The van der Waals surface area contributed by atoms with Gasteiger partial charge in [0.25, 0.3) is 0 Å². The molecule has 1 aromatic carbocycles. The third kappa shape index (κ3) is 1.88. The number of rotatable bonds is 3. The van der Waals surface area contributed by atoms with Crippen LogP contribution in [0.2, 0.25) is 0 Å². The summed E-state index contributed by atoms with van der Waals surface area (Å²) in [6.07, 6.45) is 4.24. The van der Waals surface area contributed by atoms with Gasteiger partial charge in [-0.05, 0) is 49.8 Å². The van der Waals surface area contributed by atoms with Crippen molar-refractivity contribution in [2.24, 2.45) is 11.7 Å². The number of fused-ring (bicyclic) bond motifs is 1. The first kappa shape index (κ1) is 17.2. The molecule has 0 amide bonds. The molecule has 6 atom stereocenters. The number of ether oxygens (including phenoxy) is 2. The minimum Gasteiger partial charge on any atom is -0.493 e. The van der Waals surface area contributed by atoms with Gasteiger partial charge in [-0.3, -0.25) is 0 Å². The Morgan fingerprint density at radius 3 is 2.96 bits per heavy atom. The Morgan fingerprint density at radius 2 is 2.26 bits per heavy atom. The zero-order chi connectivity index (χ0) is 19.0. The molecule has 2 heterocycles. The van der Waals surface area contributed by atoms with Crippen LogP contribution in [0, 0.1) is 5.92 Å². The molecule has 1 saturated heterocycles. The average molecular weight is 370 g/mol. The quantitative estimate of drug-likeness (QED) is 0.539. The summed E-state index contributed by atoms with van der Waals surface area (Å²) >= 11 is 0. The summed E-state index contributed by atoms with van der Waals surface area (Å²) in [5, 5.41) is 15.2. The van der Waals surface area contributed by atoms with E-state index in [-0.39, 0.29) is 17.4 Å². The van der Waals surface area contributed by atoms with Gasteiger partial charge >= 0.3 is 0 Å². The van der Waals surface area contributed by atoms with Crippen LogP contribution >= 0.6 is 0 Å². The Morgan fingerprint density at radius 1 is 1.44 bits per heavy atom. The van der Waals surface area contributed by atoms with Gasteiger partial charge in [-0.1, -0.05) is 12.1 Å². The summed E-state index contributed by atoms with van der Waals surface area (Å²) in [6.45, 7) is 4.72. The third-order valence-electron chi connectivity index (χ3n) is 7.66. The highest BCUT2D eigenvalue weighted by atomic mass is 16.5. The maximum Gasteiger partial charge on any atom is 0.165 e. The van der Waals surface area contributed by atoms with E-state index in [2.05, 4.69) is 18.0 Å². The fourth-order valence-corrected chi connectivity index (χ4v) is 6.30. The van der Waals surface area contributed by atoms with E-state index >= 15 is 0 Å². The lowest BCUT2D eigenvalue weighted by Crippen LogP contribution is -2.67. The molecule has 2 fully saturated rings. The van der Waals surface area contributed by atoms with E-state index in [1.807, 2.05) is 6.07 Å². The lowest BCUT2D eigenvalue weighted by atomic mass is 9.54. The number of methoxy groups -OCH3 is 1. The van der Waals surface area contributed by atoms with Crippen molar-refractivity contribution < 1.29 is 19.4 Å². The highest BCUT2D eigenvalue weighted by Crippen LogP contribution is 2.62. The van der Waals surface area contributed by atoms with Crippen LogP contribution < -0.4 is 20.5 Å². The lowest BCUT2D eigenvalue weighted by Gasteiger charge is -2.56. The van der Waals surface area contributed by atoms with Gasteiger partial charge in [-0.15, -0.1) is 6.58 Å². The fourth-order valence-electron chi connectivity index (χ4n) is 6.30. The van der Waals surface area contributed by atoms with Crippen molar-refractivity contribution in [2.45, 2.75) is 54.4 Å². The number of benzene rings is 1. The second-order valence-corrected chi connectivity index (χ2v) is 8.61. The molecule has 5 rings (SSSR count). The van der Waals surface area contributed by atoms with Crippen molar-refractivity contribution in [1.82, 2.24) is 5.32 Å². The Hall–Kier alpha value is -1.89. The Labute approximate surface area is 158 Å². The zero-order valence-electron chi connectivity index (χ0n) is 15.5. The molecule has 0 radical (unpaired) electrons. The van der Waals surface area contributed by atoms with E-state index in [4.69, 9.17) is 15.2 Å². The lowest BCUT2D eigenvalue weighted by molar-refractivity contribution is -0.128. The molecule has 4 aliphatic rings. The molecule has 1 saturated carbocycles. The van der Waals surface area contributed by atoms with E-state index < -0.39 is 17.2 Å². The van der Waals surface area contributed by atoms with Crippen LogP contribution in [-0.4, -0.2) is 48.3 Å². The number of piperidine rings is 1. The third-order valence-corrected chi connectivity index (χ3v) is 7.66. The van der Waals surface area contributed by atoms with E-state index in [1.54, 1.807) is 7.11 Å². The van der Waals surface area contributed by atoms with Gasteiger partial charge < -0.3 is 30.4 Å². The molecule has 2 aliphatic heterocycles. The summed E-state index contributed by atoms with van der Waals surface area (Å²) in [4.78, 5) is 12.2. The van der Waals surface area contributed by atoms with Gasteiger partial charge in [0.15, 0.2) is 11.5 Å². The molecule has 27 heavy (non-hydrogen) atoms. The molecule has 6 nitrogen and oxygen atoms in total. The number of hydrogen-bond acceptors (Lipinski definition) is 6. The molecule has 2 aliphatic carbocycles. The molecule has 3 bridgehead atoms. The number of aliphatic hydroxyl groups is 1. The smallest absolute Gasteiger partial charge is 0.165 e. The predicted molar refractivity (Wildman–Crippen MR) is 100 cm³/mol. The fraction of sp³-hybridized carbons (Fsp3) is 0.571. The van der Waals surface area contributed by atoms with Crippen molar-refractivity contribution in [3.8, 4) is 11.5 Å². The van der Waals surface area contributed by atoms with Gasteiger partial charge in [-0.2, -0.15) is 0 Å². The first-order valence-corrected chi connectivity index (χ1v) is 9.64. The van der Waals surface area contributed by atoms with E-state index in [9.17, 15) is 9.90 Å². The van der Waals surface area contributed by atoms with Gasteiger partial charge in [-0.25, -0.2) is 0 Å². The minimum atomic E-state index is -1.65. The standard InChI is InChI=1S/C21H26N2O4/c1-3-21(25)16-10-19-6-7-23-14(13(19)9-20(21,22)11-24)8-12-4-5-15(26-2)18(27-16)17(12)19/h3-5,11,13-14,16,23,25H,1,6-10,22H2,2H3/t13?,14?,16-,19?,20?,21+/m1/s1. The van der Waals surface area contributed by atoms with Crippen molar-refractivity contribution in [1.29, 1.82) is 0 Å². The second kappa shape index (κ2) is 5.34. The van der Waals surface area contributed by atoms with Crippen LogP contribution in [0.1, 0.15) is 30.4 Å². The summed E-state index contributed by atoms with van der Waals surface area (Å²) < 4.78 is 12.0. The number of carbonyl (C=O) groups is 1. The Kier molecular flexibility index (Phi) is 3.41. The monoisotopic (exact) mass is 370 g/mol. The topological polar surface area (TPSA) is 93.8 Å². The molecule has 0 aromatic heterocycles. The van der Waals surface area contributed by atoms with Crippen molar-refractivity contribution in [3.05, 3.63) is 35.9 Å². The normalized spacial score (nSPS) is 43.9. The van der Waals surface area contributed by atoms with Crippen LogP contribution in [0.25, 0.3) is 0 Å². The Balaban J connectivity index is 1.83. The van der Waals surface area contributed by atoms with Crippen LogP contribution in [0.3, 0.4) is 0 Å². The maximum absolute atomic E-state index is 12.2. The summed E-state index contributed by atoms with van der Waals surface area (Å²) in [5.74, 6) is 1.50. The van der Waals surface area contributed by atoms with Crippen LogP contribution in [0.5, 0.6) is 11.5 Å². The number of carbonyl (C=O) groups excluding carboxylic acids is 1. The number of aldehydes is 1. The van der Waals surface area contributed by atoms with Crippen molar-refractivity contribution in [2.75, 3.05) is 13.7 Å². The molecule has 6 heteroatoms. The maximum atomic E-state index is 12.2. The van der Waals surface area contributed by atoms with Crippen molar-refractivity contribution >= 4 is 6.29 Å². The molecular weight excluding hydrogens is 344 g/mol.